The third kappa shape index (κ3) is 2.74. The summed E-state index contributed by atoms with van der Waals surface area (Å²) in [5.41, 5.74) is 2.89. The van der Waals surface area contributed by atoms with E-state index in [2.05, 4.69) is 16.4 Å². The summed E-state index contributed by atoms with van der Waals surface area (Å²) in [6, 6.07) is 16.4. The van der Waals surface area contributed by atoms with Gasteiger partial charge in [0.15, 0.2) is 5.58 Å². The van der Waals surface area contributed by atoms with E-state index in [1.54, 1.807) is 7.11 Å². The molecule has 0 aliphatic heterocycles. The molecule has 0 atom stereocenters. The molecule has 0 unspecified atom stereocenters. The van der Waals surface area contributed by atoms with Gasteiger partial charge in [0.1, 0.15) is 11.3 Å². The molecule has 2 aromatic carbocycles. The van der Waals surface area contributed by atoms with Crippen LogP contribution >= 0.6 is 0 Å². The quantitative estimate of drug-likeness (QED) is 0.769. The van der Waals surface area contributed by atoms with Gasteiger partial charge >= 0.3 is 0 Å². The van der Waals surface area contributed by atoms with Crippen LogP contribution in [0.1, 0.15) is 5.56 Å². The second-order valence-corrected chi connectivity index (χ2v) is 4.52. The monoisotopic (exact) mass is 268 g/mol. The Morgan fingerprint density at radius 2 is 2.05 bits per heavy atom. The summed E-state index contributed by atoms with van der Waals surface area (Å²) >= 11 is 0. The van der Waals surface area contributed by atoms with E-state index in [1.807, 2.05) is 42.5 Å². The number of nitrogens with zero attached hydrogens (tertiary/aromatic N) is 1. The lowest BCUT2D eigenvalue weighted by atomic mass is 10.1. The summed E-state index contributed by atoms with van der Waals surface area (Å²) in [6.45, 7) is 0.764. The number of anilines is 1. The topological polar surface area (TPSA) is 47.3 Å². The zero-order chi connectivity index (χ0) is 13.8. The number of nitrogens with one attached hydrogen (secondary N) is 1. The summed E-state index contributed by atoms with van der Waals surface area (Å²) in [7, 11) is 1.68. The van der Waals surface area contributed by atoms with E-state index in [1.165, 1.54) is 5.56 Å². The molecule has 4 heteroatoms. The molecule has 1 N–H and O–H groups in total. The van der Waals surface area contributed by atoms with Gasteiger partial charge in [-0.2, -0.15) is 4.98 Å². The second kappa shape index (κ2) is 5.65. The SMILES string of the molecule is COc1cccc(CCNc2nc3ccccc3o2)c1. The minimum absolute atomic E-state index is 0.564. The number of hydrogen-bond donors (Lipinski definition) is 1. The summed E-state index contributed by atoms with van der Waals surface area (Å²) in [5.74, 6) is 0.879. The van der Waals surface area contributed by atoms with Crippen LogP contribution < -0.4 is 10.1 Å². The van der Waals surface area contributed by atoms with Crippen molar-refractivity contribution in [2.75, 3.05) is 19.0 Å². The van der Waals surface area contributed by atoms with Gasteiger partial charge in [0.2, 0.25) is 0 Å². The molecule has 0 bridgehead atoms. The van der Waals surface area contributed by atoms with Crippen LogP contribution in [0.3, 0.4) is 0 Å². The molecule has 102 valence electrons. The van der Waals surface area contributed by atoms with Crippen molar-refractivity contribution in [2.24, 2.45) is 0 Å². The van der Waals surface area contributed by atoms with Gasteiger partial charge in [-0.25, -0.2) is 0 Å². The number of fused-ring (bicyclic) bond motifs is 1. The Labute approximate surface area is 117 Å². The van der Waals surface area contributed by atoms with Gasteiger partial charge in [0.05, 0.1) is 7.11 Å². The highest BCUT2D eigenvalue weighted by Crippen LogP contribution is 2.18. The Kier molecular flexibility index (Phi) is 3.54. The van der Waals surface area contributed by atoms with Crippen molar-refractivity contribution in [3.05, 3.63) is 54.1 Å². The number of hydrogen-bond acceptors (Lipinski definition) is 4. The molecule has 3 aromatic rings. The van der Waals surface area contributed by atoms with Gasteiger partial charge in [0, 0.05) is 6.54 Å². The Morgan fingerprint density at radius 3 is 2.90 bits per heavy atom. The minimum Gasteiger partial charge on any atom is -0.497 e. The van der Waals surface area contributed by atoms with Crippen LogP contribution in [0, 0.1) is 0 Å². The molecule has 0 aliphatic carbocycles. The molecular formula is C16H16N2O2. The molecular weight excluding hydrogens is 252 g/mol. The summed E-state index contributed by atoms with van der Waals surface area (Å²) in [6.07, 6.45) is 0.885. The molecule has 0 amide bonds. The molecule has 0 aliphatic rings. The molecule has 3 rings (SSSR count). The second-order valence-electron chi connectivity index (χ2n) is 4.52. The van der Waals surface area contributed by atoms with E-state index in [0.717, 1.165) is 29.8 Å². The number of aromatic nitrogens is 1. The van der Waals surface area contributed by atoms with E-state index in [-0.39, 0.29) is 0 Å². The van der Waals surface area contributed by atoms with Crippen LogP contribution in [0.25, 0.3) is 11.1 Å². The van der Waals surface area contributed by atoms with Crippen molar-refractivity contribution < 1.29 is 9.15 Å². The lowest BCUT2D eigenvalue weighted by Gasteiger charge is -2.04. The highest BCUT2D eigenvalue weighted by Gasteiger charge is 2.04. The number of rotatable bonds is 5. The maximum Gasteiger partial charge on any atom is 0.295 e. The summed E-state index contributed by atoms with van der Waals surface area (Å²) in [5, 5.41) is 3.20. The van der Waals surface area contributed by atoms with E-state index >= 15 is 0 Å². The zero-order valence-electron chi connectivity index (χ0n) is 11.3. The average Bonchev–Trinajstić information content (AvgIpc) is 2.90. The normalized spacial score (nSPS) is 10.7. The average molecular weight is 268 g/mol. The van der Waals surface area contributed by atoms with E-state index in [4.69, 9.17) is 9.15 Å². The van der Waals surface area contributed by atoms with Crippen molar-refractivity contribution in [2.45, 2.75) is 6.42 Å². The first-order valence-electron chi connectivity index (χ1n) is 6.57. The largest absolute Gasteiger partial charge is 0.497 e. The molecule has 0 fully saturated rings. The van der Waals surface area contributed by atoms with Gasteiger partial charge in [-0.1, -0.05) is 24.3 Å². The maximum absolute atomic E-state index is 5.60. The van der Waals surface area contributed by atoms with Crippen LogP contribution in [0.5, 0.6) is 5.75 Å². The van der Waals surface area contributed by atoms with E-state index in [0.29, 0.717) is 6.01 Å². The molecule has 0 radical (unpaired) electrons. The first-order valence-corrected chi connectivity index (χ1v) is 6.57. The Hall–Kier alpha value is -2.49. The minimum atomic E-state index is 0.564. The van der Waals surface area contributed by atoms with E-state index < -0.39 is 0 Å². The van der Waals surface area contributed by atoms with Crippen molar-refractivity contribution in [3.8, 4) is 5.75 Å². The van der Waals surface area contributed by atoms with Crippen molar-refractivity contribution in [1.82, 2.24) is 4.98 Å². The zero-order valence-corrected chi connectivity index (χ0v) is 11.3. The number of methoxy groups -OCH3 is 1. The van der Waals surface area contributed by atoms with Gasteiger partial charge < -0.3 is 14.5 Å². The van der Waals surface area contributed by atoms with Gasteiger partial charge in [-0.15, -0.1) is 0 Å². The van der Waals surface area contributed by atoms with Crippen LogP contribution in [0.4, 0.5) is 6.01 Å². The number of para-hydroxylation sites is 2. The first-order chi connectivity index (χ1) is 9.85. The van der Waals surface area contributed by atoms with Crippen LogP contribution in [0.15, 0.2) is 52.9 Å². The van der Waals surface area contributed by atoms with Crippen molar-refractivity contribution in [1.29, 1.82) is 0 Å². The first kappa shape index (κ1) is 12.5. The molecule has 0 spiro atoms. The highest BCUT2D eigenvalue weighted by atomic mass is 16.5. The molecule has 0 saturated carbocycles. The van der Waals surface area contributed by atoms with Crippen molar-refractivity contribution >= 4 is 17.1 Å². The van der Waals surface area contributed by atoms with Crippen LogP contribution in [-0.2, 0) is 6.42 Å². The Morgan fingerprint density at radius 1 is 1.15 bits per heavy atom. The summed E-state index contributed by atoms with van der Waals surface area (Å²) in [4.78, 5) is 4.38. The van der Waals surface area contributed by atoms with Gasteiger partial charge in [-0.05, 0) is 36.2 Å². The molecule has 0 saturated heterocycles. The lowest BCUT2D eigenvalue weighted by Crippen LogP contribution is -2.05. The predicted molar refractivity (Wildman–Crippen MR) is 79.2 cm³/mol. The standard InChI is InChI=1S/C16H16N2O2/c1-19-13-6-4-5-12(11-13)9-10-17-16-18-14-7-2-3-8-15(14)20-16/h2-8,11H,9-10H2,1H3,(H,17,18). The number of oxazole rings is 1. The highest BCUT2D eigenvalue weighted by molar-refractivity contribution is 5.74. The fourth-order valence-electron chi connectivity index (χ4n) is 2.09. The maximum atomic E-state index is 5.60. The van der Waals surface area contributed by atoms with Crippen LogP contribution in [-0.4, -0.2) is 18.6 Å². The fourth-order valence-corrected chi connectivity index (χ4v) is 2.09. The van der Waals surface area contributed by atoms with Crippen molar-refractivity contribution in [3.63, 3.8) is 0 Å². The molecule has 4 nitrogen and oxygen atoms in total. The Balaban J connectivity index is 1.61. The lowest BCUT2D eigenvalue weighted by molar-refractivity contribution is 0.414. The van der Waals surface area contributed by atoms with Gasteiger partial charge in [0.25, 0.3) is 6.01 Å². The fraction of sp³-hybridized carbons (Fsp3) is 0.188. The Bertz CT molecular complexity index is 673. The van der Waals surface area contributed by atoms with Crippen LogP contribution in [0.2, 0.25) is 0 Å². The smallest absolute Gasteiger partial charge is 0.295 e. The van der Waals surface area contributed by atoms with Gasteiger partial charge in [-0.3, -0.25) is 0 Å². The molecule has 1 aromatic heterocycles. The molecule has 1 heterocycles. The number of benzene rings is 2. The predicted octanol–water partition coefficient (Wildman–Crippen LogP) is 3.49. The third-order valence-electron chi connectivity index (χ3n) is 3.12. The van der Waals surface area contributed by atoms with E-state index in [9.17, 15) is 0 Å². The molecule has 20 heavy (non-hydrogen) atoms. The summed E-state index contributed by atoms with van der Waals surface area (Å²) < 4.78 is 10.8. The third-order valence-corrected chi connectivity index (χ3v) is 3.12. The number of ether oxygens (including phenoxy) is 1.